The molecule has 4 N–H and O–H groups in total. The van der Waals surface area contributed by atoms with Crippen LogP contribution < -0.4 is 11.1 Å². The van der Waals surface area contributed by atoms with Gasteiger partial charge in [0.15, 0.2) is 0 Å². The van der Waals surface area contributed by atoms with E-state index in [0.29, 0.717) is 6.04 Å². The first-order valence-corrected chi connectivity index (χ1v) is 7.17. The summed E-state index contributed by atoms with van der Waals surface area (Å²) in [5.41, 5.74) is 7.43. The SMILES string of the molecule is NC(=O)[C@H]1CC[C@H](NCc2cc3cccnc3[nH]2)CC1. The smallest absolute Gasteiger partial charge is 0.220 e. The zero-order chi connectivity index (χ0) is 13.9. The number of nitrogens with zero attached hydrogens (tertiary/aromatic N) is 1. The van der Waals surface area contributed by atoms with Gasteiger partial charge in [0.05, 0.1) is 0 Å². The van der Waals surface area contributed by atoms with Crippen molar-refractivity contribution in [2.24, 2.45) is 11.7 Å². The minimum atomic E-state index is -0.148. The van der Waals surface area contributed by atoms with Crippen LogP contribution in [0.25, 0.3) is 11.0 Å². The first-order valence-electron chi connectivity index (χ1n) is 7.17. The van der Waals surface area contributed by atoms with Gasteiger partial charge in [0.2, 0.25) is 5.91 Å². The van der Waals surface area contributed by atoms with Gasteiger partial charge in [-0.15, -0.1) is 0 Å². The van der Waals surface area contributed by atoms with Crippen molar-refractivity contribution in [3.05, 3.63) is 30.1 Å². The van der Waals surface area contributed by atoms with Gasteiger partial charge in [0.1, 0.15) is 5.65 Å². The lowest BCUT2D eigenvalue weighted by atomic mass is 9.85. The van der Waals surface area contributed by atoms with Crippen LogP contribution in [-0.4, -0.2) is 21.9 Å². The fraction of sp³-hybridized carbons (Fsp3) is 0.467. The largest absolute Gasteiger partial charge is 0.369 e. The van der Waals surface area contributed by atoms with Crippen LogP contribution in [0.4, 0.5) is 0 Å². The third-order valence-corrected chi connectivity index (χ3v) is 4.16. The summed E-state index contributed by atoms with van der Waals surface area (Å²) in [5, 5.41) is 4.69. The van der Waals surface area contributed by atoms with E-state index in [-0.39, 0.29) is 11.8 Å². The molecule has 0 atom stereocenters. The normalized spacial score (nSPS) is 23.0. The number of nitrogens with two attached hydrogens (primary N) is 1. The Morgan fingerprint density at radius 3 is 2.90 bits per heavy atom. The number of nitrogens with one attached hydrogen (secondary N) is 2. The number of amides is 1. The molecule has 5 nitrogen and oxygen atoms in total. The Kier molecular flexibility index (Phi) is 3.69. The van der Waals surface area contributed by atoms with Crippen molar-refractivity contribution < 1.29 is 4.79 Å². The van der Waals surface area contributed by atoms with Gasteiger partial charge < -0.3 is 16.0 Å². The van der Waals surface area contributed by atoms with Gasteiger partial charge in [-0.1, -0.05) is 0 Å². The van der Waals surface area contributed by atoms with Gasteiger partial charge in [0, 0.05) is 35.8 Å². The van der Waals surface area contributed by atoms with Gasteiger partial charge in [-0.05, 0) is 43.9 Å². The highest BCUT2D eigenvalue weighted by molar-refractivity contribution is 5.77. The first-order chi connectivity index (χ1) is 9.72. The molecule has 0 spiro atoms. The molecule has 1 aliphatic rings. The van der Waals surface area contributed by atoms with Crippen molar-refractivity contribution in [1.82, 2.24) is 15.3 Å². The number of primary amides is 1. The monoisotopic (exact) mass is 272 g/mol. The minimum Gasteiger partial charge on any atom is -0.369 e. The van der Waals surface area contributed by atoms with E-state index in [0.717, 1.165) is 49.0 Å². The van der Waals surface area contributed by atoms with E-state index in [1.807, 2.05) is 6.07 Å². The highest BCUT2D eigenvalue weighted by Crippen LogP contribution is 2.24. The topological polar surface area (TPSA) is 83.8 Å². The predicted octanol–water partition coefficient (Wildman–Crippen LogP) is 1.70. The van der Waals surface area contributed by atoms with Crippen LogP contribution in [0.2, 0.25) is 0 Å². The highest BCUT2D eigenvalue weighted by atomic mass is 16.1. The lowest BCUT2D eigenvalue weighted by Gasteiger charge is -2.27. The summed E-state index contributed by atoms with van der Waals surface area (Å²) in [6, 6.07) is 6.61. The maximum Gasteiger partial charge on any atom is 0.220 e. The van der Waals surface area contributed by atoms with Crippen LogP contribution in [-0.2, 0) is 11.3 Å². The standard InChI is InChI=1S/C15H20N4O/c16-14(20)10-3-5-12(6-4-10)18-9-13-8-11-2-1-7-17-15(11)19-13/h1-2,7-8,10,12,18H,3-6,9H2,(H2,16,20)(H,17,19)/t10-,12-. The number of hydrogen-bond donors (Lipinski definition) is 3. The number of aromatic nitrogens is 2. The van der Waals surface area contributed by atoms with Crippen molar-refractivity contribution in [2.45, 2.75) is 38.3 Å². The molecule has 0 radical (unpaired) electrons. The summed E-state index contributed by atoms with van der Waals surface area (Å²) in [6.45, 7) is 0.808. The minimum absolute atomic E-state index is 0.0744. The van der Waals surface area contributed by atoms with Crippen molar-refractivity contribution in [1.29, 1.82) is 0 Å². The second-order valence-electron chi connectivity index (χ2n) is 5.57. The van der Waals surface area contributed by atoms with Crippen molar-refractivity contribution in [2.75, 3.05) is 0 Å². The lowest BCUT2D eigenvalue weighted by molar-refractivity contribution is -0.122. The fourth-order valence-electron chi connectivity index (χ4n) is 2.95. The molecule has 0 saturated heterocycles. The number of hydrogen-bond acceptors (Lipinski definition) is 3. The molecule has 0 unspecified atom stereocenters. The average Bonchev–Trinajstić information content (AvgIpc) is 2.88. The van der Waals surface area contributed by atoms with Crippen LogP contribution in [0.3, 0.4) is 0 Å². The molecule has 0 aliphatic heterocycles. The zero-order valence-electron chi connectivity index (χ0n) is 11.4. The molecule has 20 heavy (non-hydrogen) atoms. The van der Waals surface area contributed by atoms with E-state index in [4.69, 9.17) is 5.73 Å². The molecular formula is C15H20N4O. The van der Waals surface area contributed by atoms with E-state index in [9.17, 15) is 4.79 Å². The second kappa shape index (κ2) is 5.63. The summed E-state index contributed by atoms with van der Waals surface area (Å²) >= 11 is 0. The molecule has 5 heteroatoms. The van der Waals surface area contributed by atoms with Crippen LogP contribution in [0.5, 0.6) is 0 Å². The Balaban J connectivity index is 1.54. The van der Waals surface area contributed by atoms with Gasteiger partial charge in [-0.3, -0.25) is 4.79 Å². The Labute approximate surface area is 118 Å². The second-order valence-corrected chi connectivity index (χ2v) is 5.57. The number of aromatic amines is 1. The number of carbonyl (C=O) groups is 1. The number of rotatable bonds is 4. The molecule has 3 rings (SSSR count). The van der Waals surface area contributed by atoms with E-state index < -0.39 is 0 Å². The van der Waals surface area contributed by atoms with Gasteiger partial charge in [-0.2, -0.15) is 0 Å². The molecule has 106 valence electrons. The Bertz CT molecular complexity index is 566. The van der Waals surface area contributed by atoms with Crippen molar-refractivity contribution >= 4 is 16.9 Å². The van der Waals surface area contributed by atoms with Crippen LogP contribution in [0.15, 0.2) is 24.4 Å². The Morgan fingerprint density at radius 1 is 1.40 bits per heavy atom. The molecule has 0 aromatic carbocycles. The van der Waals surface area contributed by atoms with Crippen LogP contribution >= 0.6 is 0 Å². The fourth-order valence-corrected chi connectivity index (χ4v) is 2.95. The number of fused-ring (bicyclic) bond motifs is 1. The first kappa shape index (κ1) is 13.1. The molecule has 1 fully saturated rings. The number of pyridine rings is 1. The quantitative estimate of drug-likeness (QED) is 0.792. The molecule has 1 amide bonds. The van der Waals surface area contributed by atoms with E-state index >= 15 is 0 Å². The number of carbonyl (C=O) groups excluding carboxylic acids is 1. The molecule has 1 aliphatic carbocycles. The van der Waals surface area contributed by atoms with Crippen LogP contribution in [0, 0.1) is 5.92 Å². The van der Waals surface area contributed by atoms with Gasteiger partial charge >= 0.3 is 0 Å². The molecule has 0 bridgehead atoms. The molecule has 2 heterocycles. The van der Waals surface area contributed by atoms with E-state index in [1.165, 1.54) is 0 Å². The summed E-state index contributed by atoms with van der Waals surface area (Å²) in [6.07, 6.45) is 5.64. The summed E-state index contributed by atoms with van der Waals surface area (Å²) in [7, 11) is 0. The van der Waals surface area contributed by atoms with Crippen molar-refractivity contribution in [3.63, 3.8) is 0 Å². The lowest BCUT2D eigenvalue weighted by Crippen LogP contribution is -2.36. The maximum atomic E-state index is 11.1. The Hall–Kier alpha value is -1.88. The predicted molar refractivity (Wildman–Crippen MR) is 77.9 cm³/mol. The van der Waals surface area contributed by atoms with Crippen molar-refractivity contribution in [3.8, 4) is 0 Å². The van der Waals surface area contributed by atoms with Gasteiger partial charge in [-0.25, -0.2) is 4.98 Å². The summed E-state index contributed by atoms with van der Waals surface area (Å²) < 4.78 is 0. The van der Waals surface area contributed by atoms with E-state index in [1.54, 1.807) is 6.20 Å². The van der Waals surface area contributed by atoms with Crippen LogP contribution in [0.1, 0.15) is 31.4 Å². The summed E-state index contributed by atoms with van der Waals surface area (Å²) in [4.78, 5) is 18.7. The maximum absolute atomic E-state index is 11.1. The van der Waals surface area contributed by atoms with Gasteiger partial charge in [0.25, 0.3) is 0 Å². The summed E-state index contributed by atoms with van der Waals surface area (Å²) in [5.74, 6) is -0.0736. The zero-order valence-corrected chi connectivity index (χ0v) is 11.4. The molecule has 2 aromatic rings. The number of H-pyrrole nitrogens is 1. The third-order valence-electron chi connectivity index (χ3n) is 4.16. The molecular weight excluding hydrogens is 252 g/mol. The molecule has 2 aromatic heterocycles. The Morgan fingerprint density at radius 2 is 2.20 bits per heavy atom. The van der Waals surface area contributed by atoms with E-state index in [2.05, 4.69) is 27.4 Å². The average molecular weight is 272 g/mol. The third kappa shape index (κ3) is 2.82. The molecule has 1 saturated carbocycles. The highest BCUT2D eigenvalue weighted by Gasteiger charge is 2.24.